The highest BCUT2D eigenvalue weighted by molar-refractivity contribution is 7.09. The predicted molar refractivity (Wildman–Crippen MR) is 94.4 cm³/mol. The molecule has 0 spiro atoms. The Morgan fingerprint density at radius 2 is 1.91 bits per heavy atom. The van der Waals surface area contributed by atoms with Crippen molar-refractivity contribution in [2.24, 2.45) is 5.73 Å². The maximum Gasteiger partial charge on any atom is 0.273 e. The van der Waals surface area contributed by atoms with E-state index in [1.165, 1.54) is 37.0 Å². The van der Waals surface area contributed by atoms with Crippen LogP contribution in [-0.2, 0) is 11.2 Å². The number of carbonyl (C=O) groups is 1. The fraction of sp³-hybridized carbons (Fsp3) is 0.750. The van der Waals surface area contributed by atoms with Crippen molar-refractivity contribution in [2.45, 2.75) is 57.2 Å². The van der Waals surface area contributed by atoms with Gasteiger partial charge in [0.2, 0.25) is 0 Å². The van der Waals surface area contributed by atoms with Gasteiger partial charge in [0.25, 0.3) is 5.91 Å². The SMILES string of the molecule is Cl.NCCc1nc(C(=O)N2CCC(OC3CCCC3)CC2)cs1. The number of hydrogen-bond donors (Lipinski definition) is 1. The maximum atomic E-state index is 12.5. The highest BCUT2D eigenvalue weighted by Gasteiger charge is 2.27. The van der Waals surface area contributed by atoms with Crippen molar-refractivity contribution in [3.8, 4) is 0 Å². The number of thiazole rings is 1. The summed E-state index contributed by atoms with van der Waals surface area (Å²) in [5.74, 6) is 0.0545. The fourth-order valence-corrected chi connectivity index (χ4v) is 4.09. The molecule has 1 saturated carbocycles. The van der Waals surface area contributed by atoms with E-state index < -0.39 is 0 Å². The molecular formula is C16H26ClN3O2S. The number of likely N-dealkylation sites (tertiary alicyclic amines) is 1. The number of hydrogen-bond acceptors (Lipinski definition) is 5. The molecule has 2 fully saturated rings. The summed E-state index contributed by atoms with van der Waals surface area (Å²) in [6, 6.07) is 0. The lowest BCUT2D eigenvalue weighted by atomic mass is 10.1. The van der Waals surface area contributed by atoms with Crippen molar-refractivity contribution in [3.05, 3.63) is 16.1 Å². The molecule has 7 heteroatoms. The number of carbonyl (C=O) groups excluding carboxylic acids is 1. The molecule has 3 rings (SSSR count). The van der Waals surface area contributed by atoms with Gasteiger partial charge in [0.15, 0.2) is 0 Å². The van der Waals surface area contributed by atoms with Gasteiger partial charge in [-0.05, 0) is 32.2 Å². The van der Waals surface area contributed by atoms with E-state index in [2.05, 4.69) is 4.98 Å². The number of piperidine rings is 1. The average Bonchev–Trinajstić information content (AvgIpc) is 3.20. The van der Waals surface area contributed by atoms with Gasteiger partial charge in [-0.25, -0.2) is 4.98 Å². The van der Waals surface area contributed by atoms with Crippen LogP contribution in [0.4, 0.5) is 0 Å². The van der Waals surface area contributed by atoms with Crippen LogP contribution in [0, 0.1) is 0 Å². The molecule has 2 N–H and O–H groups in total. The minimum atomic E-state index is 0. The Morgan fingerprint density at radius 3 is 2.57 bits per heavy atom. The molecule has 0 atom stereocenters. The summed E-state index contributed by atoms with van der Waals surface area (Å²) in [6.07, 6.45) is 8.46. The van der Waals surface area contributed by atoms with Gasteiger partial charge in [0.05, 0.1) is 17.2 Å². The smallest absolute Gasteiger partial charge is 0.273 e. The number of rotatable bonds is 5. The minimum absolute atomic E-state index is 0. The summed E-state index contributed by atoms with van der Waals surface area (Å²) >= 11 is 1.53. The molecule has 1 aliphatic carbocycles. The zero-order valence-corrected chi connectivity index (χ0v) is 15.0. The molecule has 0 aromatic carbocycles. The molecule has 2 aliphatic rings. The first kappa shape index (κ1) is 18.6. The summed E-state index contributed by atoms with van der Waals surface area (Å²) in [7, 11) is 0. The summed E-state index contributed by atoms with van der Waals surface area (Å²) in [4.78, 5) is 18.8. The number of nitrogens with two attached hydrogens (primary N) is 1. The van der Waals surface area contributed by atoms with Crippen LogP contribution in [0.1, 0.15) is 54.0 Å². The number of ether oxygens (including phenoxy) is 1. The van der Waals surface area contributed by atoms with E-state index >= 15 is 0 Å². The largest absolute Gasteiger partial charge is 0.375 e. The maximum absolute atomic E-state index is 12.5. The lowest BCUT2D eigenvalue weighted by molar-refractivity contribution is -0.0358. The lowest BCUT2D eigenvalue weighted by Crippen LogP contribution is -2.41. The van der Waals surface area contributed by atoms with E-state index in [-0.39, 0.29) is 18.3 Å². The average molecular weight is 360 g/mol. The zero-order chi connectivity index (χ0) is 15.4. The Hall–Kier alpha value is -0.690. The van der Waals surface area contributed by atoms with Gasteiger partial charge in [-0.15, -0.1) is 23.7 Å². The van der Waals surface area contributed by atoms with Gasteiger partial charge in [0, 0.05) is 24.9 Å². The molecule has 1 aromatic rings. The predicted octanol–water partition coefficient (Wildman–Crippen LogP) is 2.63. The Morgan fingerprint density at radius 1 is 1.26 bits per heavy atom. The molecule has 1 saturated heterocycles. The van der Waals surface area contributed by atoms with E-state index in [0.717, 1.165) is 37.4 Å². The summed E-state index contributed by atoms with van der Waals surface area (Å²) in [5.41, 5.74) is 6.10. The molecule has 0 radical (unpaired) electrons. The molecule has 1 aliphatic heterocycles. The molecule has 0 unspecified atom stereocenters. The van der Waals surface area contributed by atoms with Crippen LogP contribution in [0.3, 0.4) is 0 Å². The van der Waals surface area contributed by atoms with E-state index in [9.17, 15) is 4.79 Å². The molecule has 23 heavy (non-hydrogen) atoms. The second-order valence-corrected chi connectivity index (χ2v) is 7.14. The van der Waals surface area contributed by atoms with Crippen molar-refractivity contribution >= 4 is 29.7 Å². The highest BCUT2D eigenvalue weighted by atomic mass is 35.5. The van der Waals surface area contributed by atoms with Crippen molar-refractivity contribution in [2.75, 3.05) is 19.6 Å². The number of amides is 1. The van der Waals surface area contributed by atoms with Gasteiger partial charge < -0.3 is 15.4 Å². The minimum Gasteiger partial charge on any atom is -0.375 e. The lowest BCUT2D eigenvalue weighted by Gasteiger charge is -2.33. The standard InChI is InChI=1S/C16H25N3O2S.ClH/c17-8-5-15-18-14(11-22-15)16(20)19-9-6-13(7-10-19)21-12-3-1-2-4-12;/h11-13H,1-10,17H2;1H. The first-order chi connectivity index (χ1) is 10.8. The summed E-state index contributed by atoms with van der Waals surface area (Å²) in [5, 5.41) is 2.80. The molecule has 130 valence electrons. The first-order valence-corrected chi connectivity index (χ1v) is 9.23. The van der Waals surface area contributed by atoms with Crippen LogP contribution in [0.2, 0.25) is 0 Å². The molecule has 1 amide bonds. The van der Waals surface area contributed by atoms with Crippen LogP contribution < -0.4 is 5.73 Å². The quantitative estimate of drug-likeness (QED) is 0.877. The van der Waals surface area contributed by atoms with Crippen LogP contribution in [-0.4, -0.2) is 47.6 Å². The van der Waals surface area contributed by atoms with E-state index in [0.29, 0.717) is 24.4 Å². The van der Waals surface area contributed by atoms with Gasteiger partial charge in [-0.1, -0.05) is 12.8 Å². The Balaban J connectivity index is 0.00000192. The van der Waals surface area contributed by atoms with Crippen molar-refractivity contribution in [1.82, 2.24) is 9.88 Å². The third-order valence-electron chi connectivity index (χ3n) is 4.55. The van der Waals surface area contributed by atoms with Crippen molar-refractivity contribution in [3.63, 3.8) is 0 Å². The third-order valence-corrected chi connectivity index (χ3v) is 5.45. The number of halogens is 1. The molecule has 5 nitrogen and oxygen atoms in total. The second-order valence-electron chi connectivity index (χ2n) is 6.20. The Bertz CT molecular complexity index is 497. The van der Waals surface area contributed by atoms with Gasteiger partial charge >= 0.3 is 0 Å². The van der Waals surface area contributed by atoms with Crippen molar-refractivity contribution in [1.29, 1.82) is 0 Å². The molecule has 2 heterocycles. The number of aromatic nitrogens is 1. The van der Waals surface area contributed by atoms with E-state index in [1.807, 2.05) is 10.3 Å². The van der Waals surface area contributed by atoms with Crippen LogP contribution in [0.5, 0.6) is 0 Å². The summed E-state index contributed by atoms with van der Waals surface area (Å²) in [6.45, 7) is 2.13. The van der Waals surface area contributed by atoms with Gasteiger partial charge in [0.1, 0.15) is 5.69 Å². The molecular weight excluding hydrogens is 334 g/mol. The van der Waals surface area contributed by atoms with Gasteiger partial charge in [-0.2, -0.15) is 0 Å². The fourth-order valence-electron chi connectivity index (χ4n) is 3.30. The Kier molecular flexibility index (Phi) is 7.27. The normalized spacial score (nSPS) is 19.8. The van der Waals surface area contributed by atoms with Crippen molar-refractivity contribution < 1.29 is 9.53 Å². The summed E-state index contributed by atoms with van der Waals surface area (Å²) < 4.78 is 6.16. The monoisotopic (exact) mass is 359 g/mol. The zero-order valence-electron chi connectivity index (χ0n) is 13.4. The first-order valence-electron chi connectivity index (χ1n) is 8.35. The van der Waals surface area contributed by atoms with Crippen LogP contribution >= 0.6 is 23.7 Å². The Labute approximate surface area is 148 Å². The van der Waals surface area contributed by atoms with E-state index in [4.69, 9.17) is 10.5 Å². The topological polar surface area (TPSA) is 68.5 Å². The number of nitrogens with zero attached hydrogens (tertiary/aromatic N) is 2. The molecule has 1 aromatic heterocycles. The van der Waals surface area contributed by atoms with E-state index in [1.54, 1.807) is 0 Å². The van der Waals surface area contributed by atoms with Crippen LogP contribution in [0.25, 0.3) is 0 Å². The third kappa shape index (κ3) is 4.89. The molecule has 0 bridgehead atoms. The second kappa shape index (κ2) is 8.97. The highest BCUT2D eigenvalue weighted by Crippen LogP contribution is 2.26. The van der Waals surface area contributed by atoms with Crippen LogP contribution in [0.15, 0.2) is 5.38 Å². The van der Waals surface area contributed by atoms with Gasteiger partial charge in [-0.3, -0.25) is 4.79 Å².